The van der Waals surface area contributed by atoms with Crippen LogP contribution in [0.1, 0.15) is 32.0 Å². The molecule has 8 heteroatoms. The highest BCUT2D eigenvalue weighted by molar-refractivity contribution is 5.99. The Bertz CT molecular complexity index is 953. The fourth-order valence-corrected chi connectivity index (χ4v) is 2.87. The van der Waals surface area contributed by atoms with Crippen LogP contribution in [0.4, 0.5) is 0 Å². The third-order valence-corrected chi connectivity index (χ3v) is 4.17. The molecule has 1 aliphatic rings. The first-order valence-corrected chi connectivity index (χ1v) is 8.20. The van der Waals surface area contributed by atoms with E-state index in [0.29, 0.717) is 25.1 Å². The summed E-state index contributed by atoms with van der Waals surface area (Å²) in [6.07, 6.45) is 5.66. The van der Waals surface area contributed by atoms with Crippen molar-refractivity contribution in [3.63, 3.8) is 0 Å². The van der Waals surface area contributed by atoms with Crippen molar-refractivity contribution in [1.82, 2.24) is 30.4 Å². The number of hydrogen-bond donors (Lipinski definition) is 1. The lowest BCUT2D eigenvalue weighted by Crippen LogP contribution is -2.49. The van der Waals surface area contributed by atoms with E-state index in [1.54, 1.807) is 29.3 Å². The molecule has 3 aromatic rings. The fourth-order valence-electron chi connectivity index (χ4n) is 2.87. The molecule has 0 saturated heterocycles. The maximum atomic E-state index is 12.5. The number of benzene rings is 1. The van der Waals surface area contributed by atoms with Gasteiger partial charge in [0.15, 0.2) is 5.69 Å². The molecule has 8 nitrogen and oxygen atoms in total. The Morgan fingerprint density at radius 2 is 2.08 bits per heavy atom. The molecule has 1 N–H and O–H groups in total. The molecular weight excluding hydrogens is 332 g/mol. The molecule has 0 saturated carbocycles. The van der Waals surface area contributed by atoms with Gasteiger partial charge in [0.25, 0.3) is 11.8 Å². The summed E-state index contributed by atoms with van der Waals surface area (Å²) in [5.74, 6) is -0.682. The molecule has 26 heavy (non-hydrogen) atoms. The summed E-state index contributed by atoms with van der Waals surface area (Å²) in [7, 11) is 0. The zero-order chi connectivity index (χ0) is 17.9. The number of hydrogen-bond acceptors (Lipinski definition) is 5. The number of amides is 2. The van der Waals surface area contributed by atoms with Crippen molar-refractivity contribution >= 4 is 11.8 Å². The molecular formula is C18H16N6O2. The molecule has 2 aromatic heterocycles. The highest BCUT2D eigenvalue weighted by atomic mass is 16.2. The van der Waals surface area contributed by atoms with Gasteiger partial charge in [-0.1, -0.05) is 29.5 Å². The maximum absolute atomic E-state index is 12.5. The van der Waals surface area contributed by atoms with Crippen LogP contribution in [0, 0.1) is 0 Å². The van der Waals surface area contributed by atoms with Gasteiger partial charge in [-0.25, -0.2) is 9.69 Å². The van der Waals surface area contributed by atoms with Crippen LogP contribution >= 0.6 is 0 Å². The van der Waals surface area contributed by atoms with E-state index in [-0.39, 0.29) is 11.6 Å². The Hall–Kier alpha value is -3.55. The second kappa shape index (κ2) is 6.75. The first-order chi connectivity index (χ1) is 12.7. The van der Waals surface area contributed by atoms with Gasteiger partial charge >= 0.3 is 0 Å². The van der Waals surface area contributed by atoms with E-state index >= 15 is 0 Å². The van der Waals surface area contributed by atoms with E-state index in [9.17, 15) is 9.59 Å². The summed E-state index contributed by atoms with van der Waals surface area (Å²) in [5.41, 5.74) is 5.33. The van der Waals surface area contributed by atoms with E-state index in [1.807, 2.05) is 30.3 Å². The first kappa shape index (κ1) is 15.9. The molecule has 0 unspecified atom stereocenters. The van der Waals surface area contributed by atoms with Crippen LogP contribution in [0.25, 0.3) is 0 Å². The second-order valence-electron chi connectivity index (χ2n) is 5.97. The molecule has 0 atom stereocenters. The highest BCUT2D eigenvalue weighted by Gasteiger charge is 2.26. The van der Waals surface area contributed by atoms with Gasteiger partial charge < -0.3 is 0 Å². The molecule has 130 valence electrons. The summed E-state index contributed by atoms with van der Waals surface area (Å²) in [5, 5.41) is 9.17. The zero-order valence-electron chi connectivity index (χ0n) is 13.9. The normalized spacial score (nSPS) is 13.4. The number of rotatable bonds is 4. The van der Waals surface area contributed by atoms with Crippen molar-refractivity contribution in [1.29, 1.82) is 0 Å². The van der Waals surface area contributed by atoms with Crippen LogP contribution in [-0.4, -0.2) is 43.3 Å². The molecule has 0 aliphatic carbocycles. The molecule has 0 radical (unpaired) electrons. The van der Waals surface area contributed by atoms with Gasteiger partial charge in [-0.15, -0.1) is 5.10 Å². The zero-order valence-corrected chi connectivity index (χ0v) is 13.9. The van der Waals surface area contributed by atoms with E-state index in [2.05, 4.69) is 20.7 Å². The number of carbonyl (C=O) groups is 2. The summed E-state index contributed by atoms with van der Waals surface area (Å²) in [6, 6.07) is 11.2. The monoisotopic (exact) mass is 348 g/mol. The third kappa shape index (κ3) is 3.16. The van der Waals surface area contributed by atoms with E-state index in [4.69, 9.17) is 0 Å². The van der Waals surface area contributed by atoms with Crippen LogP contribution < -0.4 is 5.43 Å². The molecule has 0 spiro atoms. The van der Waals surface area contributed by atoms with Crippen LogP contribution in [0.2, 0.25) is 0 Å². The van der Waals surface area contributed by atoms with E-state index in [0.717, 1.165) is 11.1 Å². The predicted molar refractivity (Wildman–Crippen MR) is 92.0 cm³/mol. The Kier molecular flexibility index (Phi) is 4.14. The Labute approximate surface area is 149 Å². The molecule has 1 aromatic carbocycles. The Morgan fingerprint density at radius 3 is 2.92 bits per heavy atom. The van der Waals surface area contributed by atoms with Crippen molar-refractivity contribution in [3.05, 3.63) is 77.4 Å². The second-order valence-corrected chi connectivity index (χ2v) is 5.97. The van der Waals surface area contributed by atoms with Gasteiger partial charge in [0.2, 0.25) is 0 Å². The number of aromatic nitrogens is 4. The van der Waals surface area contributed by atoms with Crippen molar-refractivity contribution in [2.24, 2.45) is 0 Å². The molecule has 4 rings (SSSR count). The number of nitrogens with zero attached hydrogens (tertiary/aromatic N) is 5. The first-order valence-electron chi connectivity index (χ1n) is 8.20. The smallest absolute Gasteiger partial charge is 0.267 e. The Balaban J connectivity index is 1.44. The number of fused-ring (bicyclic) bond motifs is 1. The van der Waals surface area contributed by atoms with Crippen molar-refractivity contribution in [3.8, 4) is 0 Å². The van der Waals surface area contributed by atoms with Crippen LogP contribution in [-0.2, 0) is 13.0 Å². The number of nitrogens with one attached hydrogen (secondary N) is 1. The van der Waals surface area contributed by atoms with Crippen LogP contribution in [0.3, 0.4) is 0 Å². The average molecular weight is 348 g/mol. The van der Waals surface area contributed by atoms with Gasteiger partial charge in [-0.3, -0.25) is 20.0 Å². The van der Waals surface area contributed by atoms with Crippen molar-refractivity contribution in [2.45, 2.75) is 13.0 Å². The van der Waals surface area contributed by atoms with Gasteiger partial charge in [0, 0.05) is 24.5 Å². The summed E-state index contributed by atoms with van der Waals surface area (Å²) in [6.45, 7) is 0.884. The predicted octanol–water partition coefficient (Wildman–Crippen LogP) is 1.06. The SMILES string of the molecule is O=C(NN1CCc2ccccc2C1=O)c1cn(Cc2cccnc2)nn1. The summed E-state index contributed by atoms with van der Waals surface area (Å²) < 4.78 is 1.55. The summed E-state index contributed by atoms with van der Waals surface area (Å²) in [4.78, 5) is 28.9. The minimum Gasteiger partial charge on any atom is -0.267 e. The van der Waals surface area contributed by atoms with Gasteiger partial charge in [-0.2, -0.15) is 0 Å². The van der Waals surface area contributed by atoms with Gasteiger partial charge in [0.1, 0.15) is 0 Å². The maximum Gasteiger partial charge on any atom is 0.292 e. The van der Waals surface area contributed by atoms with Crippen molar-refractivity contribution in [2.75, 3.05) is 6.54 Å². The van der Waals surface area contributed by atoms with Crippen LogP contribution in [0.5, 0.6) is 0 Å². The van der Waals surface area contributed by atoms with Crippen LogP contribution in [0.15, 0.2) is 55.0 Å². The largest absolute Gasteiger partial charge is 0.292 e. The fraction of sp³-hybridized carbons (Fsp3) is 0.167. The van der Waals surface area contributed by atoms with Gasteiger partial charge in [-0.05, 0) is 29.7 Å². The molecule has 0 fully saturated rings. The molecule has 2 amide bonds. The molecule has 1 aliphatic heterocycles. The third-order valence-electron chi connectivity index (χ3n) is 4.17. The summed E-state index contributed by atoms with van der Waals surface area (Å²) >= 11 is 0. The number of carbonyl (C=O) groups excluding carboxylic acids is 2. The molecule has 3 heterocycles. The highest BCUT2D eigenvalue weighted by Crippen LogP contribution is 2.17. The minimum absolute atomic E-state index is 0.153. The lowest BCUT2D eigenvalue weighted by atomic mass is 10.0. The van der Waals surface area contributed by atoms with E-state index < -0.39 is 5.91 Å². The molecule has 0 bridgehead atoms. The Morgan fingerprint density at radius 1 is 1.19 bits per heavy atom. The number of hydrazine groups is 1. The van der Waals surface area contributed by atoms with E-state index in [1.165, 1.54) is 5.01 Å². The minimum atomic E-state index is -0.463. The lowest BCUT2D eigenvalue weighted by molar-refractivity contribution is 0.0566. The van der Waals surface area contributed by atoms with Crippen molar-refractivity contribution < 1.29 is 9.59 Å². The lowest BCUT2D eigenvalue weighted by Gasteiger charge is -2.28. The average Bonchev–Trinajstić information content (AvgIpc) is 3.14. The standard InChI is InChI=1S/C18H16N6O2/c25-17(16-12-23(22-20-16)11-13-4-3-8-19-10-13)21-24-9-7-14-5-1-2-6-15(14)18(24)26/h1-6,8,10,12H,7,9,11H2,(H,21,25). The quantitative estimate of drug-likeness (QED) is 0.761. The van der Waals surface area contributed by atoms with Gasteiger partial charge in [0.05, 0.1) is 12.7 Å². The number of pyridine rings is 1. The topological polar surface area (TPSA) is 93.0 Å².